The van der Waals surface area contributed by atoms with Crippen molar-refractivity contribution in [1.29, 1.82) is 0 Å². The largest absolute Gasteiger partial charge is 0.432 e. The van der Waals surface area contributed by atoms with Gasteiger partial charge in [-0.3, -0.25) is 0 Å². The first kappa shape index (κ1) is 26.6. The van der Waals surface area contributed by atoms with Crippen LogP contribution in [0.3, 0.4) is 0 Å². The summed E-state index contributed by atoms with van der Waals surface area (Å²) in [4.78, 5) is 0. The molecule has 0 aromatic heterocycles. The number of hydrogen-bond acceptors (Lipinski definition) is 1. The van der Waals surface area contributed by atoms with Crippen LogP contribution in [0.5, 0.6) is 5.75 Å². The first-order valence-corrected chi connectivity index (χ1v) is 14.4. The van der Waals surface area contributed by atoms with E-state index in [9.17, 15) is 8.78 Å². The SMILES string of the molecule is CC1CCC(C2CCC(C3CCC(C(F)(F)Oc4ccc(-c5ccc(F)cc5)c(F)c4)CC3)CC2)CC1. The summed E-state index contributed by atoms with van der Waals surface area (Å²) >= 11 is 0. The highest BCUT2D eigenvalue weighted by atomic mass is 19.3. The fourth-order valence-corrected chi connectivity index (χ4v) is 7.44. The molecule has 0 spiro atoms. The fourth-order valence-electron chi connectivity index (χ4n) is 7.44. The van der Waals surface area contributed by atoms with E-state index in [1.165, 1.54) is 87.8 Å². The van der Waals surface area contributed by atoms with E-state index in [0.29, 0.717) is 30.2 Å². The molecular formula is C32H40F4O. The predicted molar refractivity (Wildman–Crippen MR) is 139 cm³/mol. The van der Waals surface area contributed by atoms with Gasteiger partial charge >= 0.3 is 6.11 Å². The highest BCUT2D eigenvalue weighted by Crippen LogP contribution is 2.48. The molecule has 0 unspecified atom stereocenters. The van der Waals surface area contributed by atoms with Crippen LogP contribution in [-0.4, -0.2) is 6.11 Å². The van der Waals surface area contributed by atoms with E-state index in [4.69, 9.17) is 4.74 Å². The maximum atomic E-state index is 15.1. The lowest BCUT2D eigenvalue weighted by Gasteiger charge is -2.41. The standard InChI is InChI=1S/C32H40F4O/c1-21-2-4-22(5-3-21)23-6-8-24(9-7-23)25-10-14-27(15-11-25)32(35,36)37-29-18-19-30(31(34)20-29)26-12-16-28(33)17-13-26/h12-13,16-25,27H,2-11,14-15H2,1H3. The van der Waals surface area contributed by atoms with E-state index < -0.39 is 23.7 Å². The summed E-state index contributed by atoms with van der Waals surface area (Å²) in [5.41, 5.74) is 0.710. The highest BCUT2D eigenvalue weighted by Gasteiger charge is 2.45. The number of hydrogen-bond donors (Lipinski definition) is 0. The Hall–Kier alpha value is -2.04. The smallest absolute Gasteiger partial charge is 0.400 e. The molecule has 5 heteroatoms. The van der Waals surface area contributed by atoms with E-state index in [1.54, 1.807) is 0 Å². The van der Waals surface area contributed by atoms with Gasteiger partial charge < -0.3 is 4.74 Å². The van der Waals surface area contributed by atoms with Crippen molar-refractivity contribution in [3.8, 4) is 16.9 Å². The topological polar surface area (TPSA) is 9.23 Å². The Morgan fingerprint density at radius 1 is 0.649 bits per heavy atom. The number of alkyl halides is 2. The molecule has 3 saturated carbocycles. The van der Waals surface area contributed by atoms with Crippen LogP contribution in [0.2, 0.25) is 0 Å². The lowest BCUT2D eigenvalue weighted by molar-refractivity contribution is -0.224. The van der Waals surface area contributed by atoms with E-state index in [-0.39, 0.29) is 11.3 Å². The van der Waals surface area contributed by atoms with Crippen molar-refractivity contribution in [2.75, 3.05) is 0 Å². The van der Waals surface area contributed by atoms with E-state index >= 15 is 8.78 Å². The molecule has 0 atom stereocenters. The van der Waals surface area contributed by atoms with Gasteiger partial charge in [0.25, 0.3) is 0 Å². The summed E-state index contributed by atoms with van der Waals surface area (Å²) < 4.78 is 63.0. The molecule has 2 aromatic carbocycles. The van der Waals surface area contributed by atoms with Crippen LogP contribution in [0, 0.1) is 47.1 Å². The molecule has 3 aliphatic rings. The van der Waals surface area contributed by atoms with Crippen LogP contribution in [-0.2, 0) is 0 Å². The van der Waals surface area contributed by atoms with Gasteiger partial charge in [-0.1, -0.05) is 31.9 Å². The normalized spacial score (nSPS) is 31.2. The van der Waals surface area contributed by atoms with Crippen molar-refractivity contribution in [3.63, 3.8) is 0 Å². The van der Waals surface area contributed by atoms with Gasteiger partial charge in [-0.05, 0) is 124 Å². The molecule has 3 fully saturated rings. The Morgan fingerprint density at radius 3 is 1.65 bits per heavy atom. The number of rotatable bonds is 6. The molecule has 3 aliphatic carbocycles. The molecule has 5 rings (SSSR count). The van der Waals surface area contributed by atoms with Crippen molar-refractivity contribution >= 4 is 0 Å². The van der Waals surface area contributed by atoms with Crippen LogP contribution < -0.4 is 4.74 Å². The van der Waals surface area contributed by atoms with Crippen LogP contribution >= 0.6 is 0 Å². The van der Waals surface area contributed by atoms with Gasteiger partial charge in [-0.2, -0.15) is 8.78 Å². The molecule has 1 nitrogen and oxygen atoms in total. The van der Waals surface area contributed by atoms with Gasteiger partial charge in [0.05, 0.1) is 5.92 Å². The second-order valence-corrected chi connectivity index (χ2v) is 12.1. The summed E-state index contributed by atoms with van der Waals surface area (Å²) in [5, 5.41) is 0. The summed E-state index contributed by atoms with van der Waals surface area (Å²) in [7, 11) is 0. The summed E-state index contributed by atoms with van der Waals surface area (Å²) in [6, 6.07) is 9.19. The minimum absolute atomic E-state index is 0.175. The Bertz CT molecular complexity index is 1010. The molecule has 0 aliphatic heterocycles. The third-order valence-corrected chi connectivity index (χ3v) is 9.81. The Labute approximate surface area is 219 Å². The predicted octanol–water partition coefficient (Wildman–Crippen LogP) is 10.0. The van der Waals surface area contributed by atoms with Gasteiger partial charge in [-0.25, -0.2) is 8.78 Å². The number of ether oxygens (including phenoxy) is 1. The minimum atomic E-state index is -3.33. The average molecular weight is 517 g/mol. The van der Waals surface area contributed by atoms with Crippen molar-refractivity contribution < 1.29 is 22.3 Å². The molecule has 0 heterocycles. The van der Waals surface area contributed by atoms with Crippen LogP contribution in [0.25, 0.3) is 11.1 Å². The third-order valence-electron chi connectivity index (χ3n) is 9.81. The monoisotopic (exact) mass is 516 g/mol. The molecular weight excluding hydrogens is 476 g/mol. The average Bonchev–Trinajstić information content (AvgIpc) is 2.90. The lowest BCUT2D eigenvalue weighted by Crippen LogP contribution is -2.38. The molecule has 0 saturated heterocycles. The van der Waals surface area contributed by atoms with Gasteiger partial charge in [0.15, 0.2) is 0 Å². The second kappa shape index (κ2) is 11.4. The van der Waals surface area contributed by atoms with Crippen LogP contribution in [0.4, 0.5) is 17.6 Å². The third kappa shape index (κ3) is 6.34. The van der Waals surface area contributed by atoms with E-state index in [2.05, 4.69) is 6.92 Å². The highest BCUT2D eigenvalue weighted by molar-refractivity contribution is 5.64. The summed E-state index contributed by atoms with van der Waals surface area (Å²) in [5.74, 6) is 1.82. The molecule has 0 radical (unpaired) electrons. The van der Waals surface area contributed by atoms with Gasteiger partial charge in [0.1, 0.15) is 17.4 Å². The number of halogens is 4. The zero-order valence-corrected chi connectivity index (χ0v) is 21.9. The maximum Gasteiger partial charge on any atom is 0.400 e. The van der Waals surface area contributed by atoms with Gasteiger partial charge in [-0.15, -0.1) is 0 Å². The lowest BCUT2D eigenvalue weighted by atomic mass is 9.65. The zero-order valence-electron chi connectivity index (χ0n) is 21.9. The molecule has 0 N–H and O–H groups in total. The zero-order chi connectivity index (χ0) is 26.0. The quantitative estimate of drug-likeness (QED) is 0.347. The first-order chi connectivity index (χ1) is 17.8. The van der Waals surface area contributed by atoms with Gasteiger partial charge in [0, 0.05) is 11.6 Å². The van der Waals surface area contributed by atoms with E-state index in [1.807, 2.05) is 0 Å². The van der Waals surface area contributed by atoms with E-state index in [0.717, 1.165) is 36.7 Å². The van der Waals surface area contributed by atoms with Crippen molar-refractivity contribution in [1.82, 2.24) is 0 Å². The second-order valence-electron chi connectivity index (χ2n) is 12.1. The van der Waals surface area contributed by atoms with Gasteiger partial charge in [0.2, 0.25) is 0 Å². The Balaban J connectivity index is 1.11. The molecule has 37 heavy (non-hydrogen) atoms. The molecule has 0 amide bonds. The molecule has 2 aromatic rings. The van der Waals surface area contributed by atoms with Crippen molar-refractivity contribution in [2.24, 2.45) is 35.5 Å². The first-order valence-electron chi connectivity index (χ1n) is 14.4. The Morgan fingerprint density at radius 2 is 1.14 bits per heavy atom. The summed E-state index contributed by atoms with van der Waals surface area (Å²) in [6.07, 6.45) is 9.97. The van der Waals surface area contributed by atoms with Crippen molar-refractivity contribution in [2.45, 2.75) is 90.1 Å². The molecule has 0 bridgehead atoms. The summed E-state index contributed by atoms with van der Waals surface area (Å²) in [6.45, 7) is 2.38. The Kier molecular flexibility index (Phi) is 8.16. The minimum Gasteiger partial charge on any atom is -0.432 e. The van der Waals surface area contributed by atoms with Crippen molar-refractivity contribution in [3.05, 3.63) is 54.1 Å². The maximum absolute atomic E-state index is 15.1. The van der Waals surface area contributed by atoms with Crippen LogP contribution in [0.1, 0.15) is 84.0 Å². The molecule has 202 valence electrons. The fraction of sp³-hybridized carbons (Fsp3) is 0.625. The van der Waals surface area contributed by atoms with Crippen LogP contribution in [0.15, 0.2) is 42.5 Å². The number of benzene rings is 2.